The summed E-state index contributed by atoms with van der Waals surface area (Å²) in [4.78, 5) is 35.9. The molecule has 0 spiro atoms. The summed E-state index contributed by atoms with van der Waals surface area (Å²) < 4.78 is 34.7. The van der Waals surface area contributed by atoms with Crippen molar-refractivity contribution in [2.75, 3.05) is 47.5 Å². The second kappa shape index (κ2) is 63.2. The predicted octanol–water partition coefficient (Wildman–Crippen LogP) is 22.6. The SMILES string of the molecule is CC/C=C\C/C=C\C/C=C\C/C=C\CCCCCCCCCCCCCCCCCCCCC(=O)OC(COC(=O)CCCCCCCCCCCCCCCCC/C=C\CCCCCCCCCC)COP(=O)(O)OCC[N+](C)(C)C. The quantitative estimate of drug-likeness (QED) is 0.0211. The Morgan fingerprint density at radius 3 is 1.05 bits per heavy atom. The smallest absolute Gasteiger partial charge is 0.462 e. The highest BCUT2D eigenvalue weighted by Gasteiger charge is 2.27. The number of unbranched alkanes of at least 4 members (excludes halogenated alkanes) is 41. The van der Waals surface area contributed by atoms with E-state index >= 15 is 0 Å². The van der Waals surface area contributed by atoms with E-state index in [1.165, 1.54) is 244 Å². The zero-order valence-corrected chi connectivity index (χ0v) is 55.6. The summed E-state index contributed by atoms with van der Waals surface area (Å²) in [6.07, 6.45) is 83.3. The first-order valence-corrected chi connectivity index (χ1v) is 36.5. The van der Waals surface area contributed by atoms with Crippen LogP contribution < -0.4 is 0 Å². The summed E-state index contributed by atoms with van der Waals surface area (Å²) in [5.74, 6) is -0.780. The molecule has 0 aliphatic rings. The maximum atomic E-state index is 12.9. The van der Waals surface area contributed by atoms with Gasteiger partial charge in [0.15, 0.2) is 6.10 Å². The first kappa shape index (κ1) is 79.7. The van der Waals surface area contributed by atoms with Crippen molar-refractivity contribution in [2.24, 2.45) is 0 Å². The van der Waals surface area contributed by atoms with Gasteiger partial charge in [-0.1, -0.05) is 306 Å². The molecule has 0 radical (unpaired) electrons. The van der Waals surface area contributed by atoms with Crippen LogP contribution in [0.25, 0.3) is 0 Å². The van der Waals surface area contributed by atoms with E-state index in [4.69, 9.17) is 18.5 Å². The van der Waals surface area contributed by atoms with E-state index in [0.29, 0.717) is 23.9 Å². The number of hydrogen-bond donors (Lipinski definition) is 1. The minimum atomic E-state index is -4.39. The van der Waals surface area contributed by atoms with Crippen molar-refractivity contribution in [3.05, 3.63) is 60.8 Å². The molecule has 0 aromatic carbocycles. The molecule has 2 atom stereocenters. The normalized spacial score (nSPS) is 13.5. The summed E-state index contributed by atoms with van der Waals surface area (Å²) in [5, 5.41) is 0. The Labute approximate surface area is 508 Å². The molecule has 9 nitrogen and oxygen atoms in total. The Balaban J connectivity index is 4.01. The van der Waals surface area contributed by atoms with Crippen LogP contribution in [0.4, 0.5) is 0 Å². The largest absolute Gasteiger partial charge is 0.472 e. The van der Waals surface area contributed by atoms with E-state index in [0.717, 1.165) is 57.8 Å². The van der Waals surface area contributed by atoms with Gasteiger partial charge in [-0.25, -0.2) is 4.57 Å². The lowest BCUT2D eigenvalue weighted by Crippen LogP contribution is -2.37. The van der Waals surface area contributed by atoms with Gasteiger partial charge in [0.25, 0.3) is 0 Å². The average Bonchev–Trinajstić information content (AvgIpc) is 3.46. The maximum Gasteiger partial charge on any atom is 0.472 e. The molecule has 0 fully saturated rings. The Bertz CT molecular complexity index is 1570. The number of nitrogens with zero attached hydrogens (tertiary/aromatic N) is 1. The van der Waals surface area contributed by atoms with Crippen LogP contribution in [-0.4, -0.2) is 74.9 Å². The van der Waals surface area contributed by atoms with E-state index in [-0.39, 0.29) is 25.6 Å². The Kier molecular flexibility index (Phi) is 61.5. The molecule has 0 amide bonds. The van der Waals surface area contributed by atoms with Crippen LogP contribution in [0.5, 0.6) is 0 Å². The first-order chi connectivity index (χ1) is 40.0. The number of carbonyl (C=O) groups excluding carboxylic acids is 2. The van der Waals surface area contributed by atoms with Crippen LogP contribution in [0.3, 0.4) is 0 Å². The molecule has 0 aromatic heterocycles. The monoisotopic (exact) mass is 1170 g/mol. The summed E-state index contributed by atoms with van der Waals surface area (Å²) >= 11 is 0. The standard InChI is InChI=1S/C72H134NO8P/c1-6-8-10-12-14-16-18-20-22-24-26-28-30-32-34-35-36-37-39-41-43-45-47-49-51-53-55-57-59-61-63-65-72(75)81-70(69-80-82(76,77)79-67-66-73(3,4)5)68-78-71(74)64-62-60-58-56-54-52-50-48-46-44-42-40-38-33-31-29-27-25-23-21-19-17-15-13-11-9-7-2/h8,10,14,16,20,22,25-28,70H,6-7,9,11-13,15,17-19,21,23-24,29-69H2,1-5H3/p+1/b10-8-,16-14-,22-20-,27-25-,28-26-. The minimum Gasteiger partial charge on any atom is -0.462 e. The highest BCUT2D eigenvalue weighted by molar-refractivity contribution is 7.47. The molecular formula is C72H135NO8P+. The van der Waals surface area contributed by atoms with Gasteiger partial charge in [-0.05, 0) is 77.0 Å². The van der Waals surface area contributed by atoms with Gasteiger partial charge in [0.2, 0.25) is 0 Å². The molecule has 10 heteroatoms. The van der Waals surface area contributed by atoms with E-state index in [2.05, 4.69) is 74.6 Å². The van der Waals surface area contributed by atoms with Gasteiger partial charge in [0, 0.05) is 12.8 Å². The lowest BCUT2D eigenvalue weighted by molar-refractivity contribution is -0.870. The second-order valence-electron chi connectivity index (χ2n) is 24.9. The van der Waals surface area contributed by atoms with Gasteiger partial charge in [-0.3, -0.25) is 18.6 Å². The third-order valence-corrected chi connectivity index (χ3v) is 16.5. The first-order valence-electron chi connectivity index (χ1n) is 35.0. The van der Waals surface area contributed by atoms with E-state index in [1.54, 1.807) is 0 Å². The van der Waals surface area contributed by atoms with Crippen molar-refractivity contribution in [3.8, 4) is 0 Å². The Morgan fingerprint density at radius 1 is 0.390 bits per heavy atom. The van der Waals surface area contributed by atoms with Gasteiger partial charge >= 0.3 is 19.8 Å². The zero-order valence-electron chi connectivity index (χ0n) is 54.7. The van der Waals surface area contributed by atoms with Gasteiger partial charge < -0.3 is 18.9 Å². The third kappa shape index (κ3) is 66.8. The Hall–Kier alpha value is -2.29. The van der Waals surface area contributed by atoms with E-state index < -0.39 is 26.5 Å². The number of phosphoric acid groups is 1. The molecule has 0 bridgehead atoms. The number of rotatable bonds is 65. The zero-order chi connectivity index (χ0) is 59.8. The van der Waals surface area contributed by atoms with Crippen molar-refractivity contribution >= 4 is 19.8 Å². The third-order valence-electron chi connectivity index (χ3n) is 15.5. The number of allylic oxidation sites excluding steroid dienone is 10. The van der Waals surface area contributed by atoms with E-state index in [9.17, 15) is 19.0 Å². The molecule has 480 valence electrons. The van der Waals surface area contributed by atoms with Gasteiger partial charge in [-0.2, -0.15) is 0 Å². The summed E-state index contributed by atoms with van der Waals surface area (Å²) in [7, 11) is 1.49. The fourth-order valence-electron chi connectivity index (χ4n) is 10.2. The number of likely N-dealkylation sites (N-methyl/N-ethyl adjacent to an activating group) is 1. The fraction of sp³-hybridized carbons (Fsp3) is 0.833. The van der Waals surface area contributed by atoms with Crippen LogP contribution >= 0.6 is 7.82 Å². The molecule has 0 aliphatic heterocycles. The highest BCUT2D eigenvalue weighted by Crippen LogP contribution is 2.43. The fourth-order valence-corrected chi connectivity index (χ4v) is 10.9. The molecule has 0 aliphatic carbocycles. The van der Waals surface area contributed by atoms with Gasteiger partial charge in [-0.15, -0.1) is 0 Å². The van der Waals surface area contributed by atoms with Crippen LogP contribution in [0.15, 0.2) is 60.8 Å². The second-order valence-corrected chi connectivity index (χ2v) is 26.3. The van der Waals surface area contributed by atoms with Crippen LogP contribution in [0.2, 0.25) is 0 Å². The number of hydrogen-bond acceptors (Lipinski definition) is 7. The molecule has 0 saturated carbocycles. The molecule has 82 heavy (non-hydrogen) atoms. The number of quaternary nitrogens is 1. The maximum absolute atomic E-state index is 12.9. The molecule has 0 heterocycles. The molecular weight excluding hydrogens is 1040 g/mol. The average molecular weight is 1170 g/mol. The lowest BCUT2D eigenvalue weighted by atomic mass is 10.0. The van der Waals surface area contributed by atoms with Crippen molar-refractivity contribution < 1.29 is 42.1 Å². The number of ether oxygens (including phenoxy) is 2. The van der Waals surface area contributed by atoms with Crippen LogP contribution in [0, 0.1) is 0 Å². The van der Waals surface area contributed by atoms with Gasteiger partial charge in [0.05, 0.1) is 27.7 Å². The van der Waals surface area contributed by atoms with Gasteiger partial charge in [0.1, 0.15) is 19.8 Å². The Morgan fingerprint density at radius 2 is 0.695 bits per heavy atom. The van der Waals surface area contributed by atoms with Crippen molar-refractivity contribution in [3.63, 3.8) is 0 Å². The molecule has 0 saturated heterocycles. The van der Waals surface area contributed by atoms with E-state index in [1.807, 2.05) is 21.1 Å². The number of esters is 2. The molecule has 0 aromatic rings. The number of carbonyl (C=O) groups is 2. The van der Waals surface area contributed by atoms with Crippen molar-refractivity contribution in [2.45, 2.75) is 341 Å². The predicted molar refractivity (Wildman–Crippen MR) is 353 cm³/mol. The molecule has 1 N–H and O–H groups in total. The van der Waals surface area contributed by atoms with Crippen molar-refractivity contribution in [1.29, 1.82) is 0 Å². The topological polar surface area (TPSA) is 108 Å². The lowest BCUT2D eigenvalue weighted by Gasteiger charge is -2.24. The van der Waals surface area contributed by atoms with Crippen LogP contribution in [0.1, 0.15) is 335 Å². The highest BCUT2D eigenvalue weighted by atomic mass is 31.2. The summed E-state index contributed by atoms with van der Waals surface area (Å²) in [5.41, 5.74) is 0. The van der Waals surface area contributed by atoms with Crippen LogP contribution in [-0.2, 0) is 32.7 Å². The molecule has 0 rings (SSSR count). The summed E-state index contributed by atoms with van der Waals surface area (Å²) in [6.45, 7) is 4.38. The minimum absolute atomic E-state index is 0.0329. The number of phosphoric ester groups is 1. The molecule has 2 unspecified atom stereocenters. The van der Waals surface area contributed by atoms with Crippen molar-refractivity contribution in [1.82, 2.24) is 0 Å². The summed E-state index contributed by atoms with van der Waals surface area (Å²) in [6, 6.07) is 0.